The van der Waals surface area contributed by atoms with Crippen molar-refractivity contribution in [1.29, 1.82) is 0 Å². The van der Waals surface area contributed by atoms with E-state index in [0.29, 0.717) is 5.92 Å². The van der Waals surface area contributed by atoms with Gasteiger partial charge in [-0.05, 0) is 12.8 Å². The van der Waals surface area contributed by atoms with E-state index in [0.717, 1.165) is 12.2 Å². The van der Waals surface area contributed by atoms with Crippen molar-refractivity contribution in [3.05, 3.63) is 24.4 Å². The highest BCUT2D eigenvalue weighted by molar-refractivity contribution is 5.55. The van der Waals surface area contributed by atoms with Gasteiger partial charge >= 0.3 is 0 Å². The molecule has 0 fully saturated rings. The van der Waals surface area contributed by atoms with Crippen molar-refractivity contribution in [1.82, 2.24) is 5.32 Å². The number of nitrogens with one attached hydrogen (secondary N) is 1. The molecule has 1 atom stereocenters. The Morgan fingerprint density at radius 3 is 2.85 bits per heavy atom. The minimum atomic E-state index is 0.667. The third-order valence-corrected chi connectivity index (χ3v) is 1.72. The molecule has 0 saturated heterocycles. The van der Waals surface area contributed by atoms with Crippen LogP contribution in [0.4, 0.5) is 0 Å². The molecule has 0 aromatic carbocycles. The van der Waals surface area contributed by atoms with E-state index in [1.807, 2.05) is 6.92 Å². The lowest BCUT2D eigenvalue weighted by Crippen LogP contribution is -2.10. The van der Waals surface area contributed by atoms with Crippen molar-refractivity contribution in [2.75, 3.05) is 6.54 Å². The number of allylic oxidation sites excluding steroid dienone is 2. The zero-order chi connectivity index (χ0) is 10.1. The van der Waals surface area contributed by atoms with Gasteiger partial charge in [0.05, 0.1) is 6.34 Å². The van der Waals surface area contributed by atoms with E-state index in [1.165, 1.54) is 6.42 Å². The van der Waals surface area contributed by atoms with Crippen molar-refractivity contribution >= 4 is 6.34 Å². The third kappa shape index (κ3) is 8.86. The topological polar surface area (TPSA) is 24.4 Å². The van der Waals surface area contributed by atoms with Crippen LogP contribution < -0.4 is 5.32 Å². The minimum Gasteiger partial charge on any atom is -0.373 e. The predicted octanol–water partition coefficient (Wildman–Crippen LogP) is 2.74. The van der Waals surface area contributed by atoms with Gasteiger partial charge in [-0.25, -0.2) is 4.99 Å². The normalized spacial score (nSPS) is 13.8. The van der Waals surface area contributed by atoms with Crippen LogP contribution in [0.5, 0.6) is 0 Å². The number of aliphatic imine (C=N–C) groups is 1. The van der Waals surface area contributed by atoms with Crippen LogP contribution in [0, 0.1) is 5.92 Å². The van der Waals surface area contributed by atoms with Crippen molar-refractivity contribution in [3.63, 3.8) is 0 Å². The molecule has 0 radical (unpaired) electrons. The zero-order valence-corrected chi connectivity index (χ0v) is 8.88. The molecule has 0 aliphatic heterocycles. The first-order valence-corrected chi connectivity index (χ1v) is 4.75. The maximum atomic E-state index is 4.00. The summed E-state index contributed by atoms with van der Waals surface area (Å²) in [5, 5.41) is 3.06. The fraction of sp³-hybridized carbons (Fsp3) is 0.545. The number of hydrogen-bond donors (Lipinski definition) is 1. The molecular weight excluding hydrogens is 160 g/mol. The molecule has 2 heteroatoms. The van der Waals surface area contributed by atoms with Gasteiger partial charge in [-0.2, -0.15) is 0 Å². The molecular formula is C11H20N2. The second-order valence-electron chi connectivity index (χ2n) is 3.22. The molecule has 2 nitrogen and oxygen atoms in total. The Labute approximate surface area is 81.5 Å². The maximum Gasteiger partial charge on any atom is 0.0884 e. The van der Waals surface area contributed by atoms with E-state index >= 15 is 0 Å². The van der Waals surface area contributed by atoms with Gasteiger partial charge in [0.25, 0.3) is 0 Å². The Balaban J connectivity index is 3.45. The lowest BCUT2D eigenvalue weighted by molar-refractivity contribution is 0.695. The molecule has 13 heavy (non-hydrogen) atoms. The molecule has 0 aromatic heterocycles. The van der Waals surface area contributed by atoms with Gasteiger partial charge in [0.1, 0.15) is 0 Å². The van der Waals surface area contributed by atoms with Crippen LogP contribution in [0.1, 0.15) is 27.2 Å². The highest BCUT2D eigenvalue weighted by Crippen LogP contribution is 2.00. The van der Waals surface area contributed by atoms with Gasteiger partial charge in [0, 0.05) is 12.2 Å². The van der Waals surface area contributed by atoms with Crippen LogP contribution in [-0.4, -0.2) is 12.9 Å². The van der Waals surface area contributed by atoms with E-state index in [2.05, 4.69) is 42.9 Å². The molecule has 0 aliphatic rings. The fourth-order valence-corrected chi connectivity index (χ4v) is 0.713. The molecule has 0 spiro atoms. The Hall–Kier alpha value is -1.05. The van der Waals surface area contributed by atoms with Crippen molar-refractivity contribution < 1.29 is 0 Å². The van der Waals surface area contributed by atoms with Gasteiger partial charge in [-0.1, -0.05) is 39.0 Å². The summed E-state index contributed by atoms with van der Waals surface area (Å²) in [7, 11) is 0. The summed E-state index contributed by atoms with van der Waals surface area (Å²) in [5.41, 5.74) is 0.818. The SMILES string of the molecule is C=C(C)/N=C\NC/C=C\C(C)CC. The zero-order valence-electron chi connectivity index (χ0n) is 8.88. The predicted molar refractivity (Wildman–Crippen MR) is 59.9 cm³/mol. The molecule has 0 saturated carbocycles. The number of rotatable bonds is 6. The van der Waals surface area contributed by atoms with Crippen LogP contribution in [0.3, 0.4) is 0 Å². The second-order valence-corrected chi connectivity index (χ2v) is 3.22. The summed E-state index contributed by atoms with van der Waals surface area (Å²) in [4.78, 5) is 4.00. The van der Waals surface area contributed by atoms with Gasteiger partial charge < -0.3 is 5.32 Å². The molecule has 1 unspecified atom stereocenters. The van der Waals surface area contributed by atoms with Crippen LogP contribution in [-0.2, 0) is 0 Å². The average molecular weight is 180 g/mol. The van der Waals surface area contributed by atoms with E-state index < -0.39 is 0 Å². The quantitative estimate of drug-likeness (QED) is 0.289. The summed E-state index contributed by atoms with van der Waals surface area (Å²) in [6.07, 6.45) is 7.21. The smallest absolute Gasteiger partial charge is 0.0884 e. The average Bonchev–Trinajstić information content (AvgIpc) is 2.10. The molecule has 74 valence electrons. The second kappa shape index (κ2) is 7.59. The largest absolute Gasteiger partial charge is 0.373 e. The van der Waals surface area contributed by atoms with Crippen molar-refractivity contribution in [2.45, 2.75) is 27.2 Å². The fourth-order valence-electron chi connectivity index (χ4n) is 0.713. The van der Waals surface area contributed by atoms with E-state index in [1.54, 1.807) is 6.34 Å². The van der Waals surface area contributed by atoms with Gasteiger partial charge in [-0.3, -0.25) is 0 Å². The Morgan fingerprint density at radius 2 is 2.31 bits per heavy atom. The highest BCUT2D eigenvalue weighted by atomic mass is 14.9. The molecule has 0 aliphatic carbocycles. The summed E-state index contributed by atoms with van der Waals surface area (Å²) < 4.78 is 0. The van der Waals surface area contributed by atoms with E-state index in [4.69, 9.17) is 0 Å². The first-order valence-electron chi connectivity index (χ1n) is 4.75. The summed E-state index contributed by atoms with van der Waals surface area (Å²) in [6.45, 7) is 10.8. The molecule has 1 N–H and O–H groups in total. The maximum absolute atomic E-state index is 4.00. The standard InChI is InChI=1S/C11H20N2/c1-5-11(4)7-6-8-12-9-13-10(2)3/h6-7,9,11H,2,5,8H2,1,3-4H3,(H,12,13)/b7-6-. The molecule has 0 amide bonds. The first-order chi connectivity index (χ1) is 6.16. The summed E-state index contributed by atoms with van der Waals surface area (Å²) in [6, 6.07) is 0. The van der Waals surface area contributed by atoms with Crippen LogP contribution >= 0.6 is 0 Å². The lowest BCUT2D eigenvalue weighted by atomic mass is 10.1. The van der Waals surface area contributed by atoms with Gasteiger partial charge in [0.15, 0.2) is 0 Å². The van der Waals surface area contributed by atoms with Crippen molar-refractivity contribution in [2.24, 2.45) is 10.9 Å². The van der Waals surface area contributed by atoms with Crippen LogP contribution in [0.2, 0.25) is 0 Å². The van der Waals surface area contributed by atoms with E-state index in [9.17, 15) is 0 Å². The van der Waals surface area contributed by atoms with Crippen LogP contribution in [0.25, 0.3) is 0 Å². The molecule has 0 aromatic rings. The minimum absolute atomic E-state index is 0.667. The monoisotopic (exact) mass is 180 g/mol. The van der Waals surface area contributed by atoms with Gasteiger partial charge in [-0.15, -0.1) is 0 Å². The van der Waals surface area contributed by atoms with Crippen LogP contribution in [0.15, 0.2) is 29.4 Å². The third-order valence-electron chi connectivity index (χ3n) is 1.72. The number of hydrogen-bond acceptors (Lipinski definition) is 1. The van der Waals surface area contributed by atoms with E-state index in [-0.39, 0.29) is 0 Å². The Bertz CT molecular complexity index is 192. The first kappa shape index (κ1) is 11.9. The Kier molecular flexibility index (Phi) is 6.98. The summed E-state index contributed by atoms with van der Waals surface area (Å²) >= 11 is 0. The summed E-state index contributed by atoms with van der Waals surface area (Å²) in [5.74, 6) is 0.667. The molecule has 0 rings (SSSR count). The molecule has 0 bridgehead atoms. The Morgan fingerprint density at radius 1 is 1.62 bits per heavy atom. The van der Waals surface area contributed by atoms with Crippen molar-refractivity contribution in [3.8, 4) is 0 Å². The van der Waals surface area contributed by atoms with Gasteiger partial charge in [0.2, 0.25) is 0 Å². The number of nitrogens with zero attached hydrogens (tertiary/aromatic N) is 1. The highest BCUT2D eigenvalue weighted by Gasteiger charge is 1.88. The lowest BCUT2D eigenvalue weighted by Gasteiger charge is -1.99. The molecule has 0 heterocycles.